The molecule has 0 bridgehead atoms. The lowest BCUT2D eigenvalue weighted by Crippen LogP contribution is -2.24. The third-order valence-electron chi connectivity index (χ3n) is 5.13. The van der Waals surface area contributed by atoms with Crippen molar-refractivity contribution < 1.29 is 9.84 Å². The summed E-state index contributed by atoms with van der Waals surface area (Å²) in [5, 5.41) is 10.2. The molecule has 104 valence electrons. The molecule has 0 aliphatic heterocycles. The van der Waals surface area contributed by atoms with Crippen molar-refractivity contribution in [1.82, 2.24) is 0 Å². The minimum atomic E-state index is -0.113. The van der Waals surface area contributed by atoms with E-state index in [1.807, 2.05) is 6.07 Å². The summed E-state index contributed by atoms with van der Waals surface area (Å²) in [4.78, 5) is 0. The molecule has 0 spiro atoms. The van der Waals surface area contributed by atoms with Gasteiger partial charge in [-0.1, -0.05) is 44.2 Å². The van der Waals surface area contributed by atoms with Gasteiger partial charge in [0.15, 0.2) is 0 Å². The second-order valence-corrected chi connectivity index (χ2v) is 6.51. The number of aliphatic hydroxyl groups excluding tert-OH is 1. The monoisotopic (exact) mass is 260 g/mol. The van der Waals surface area contributed by atoms with Gasteiger partial charge >= 0.3 is 0 Å². The number of hydrogen-bond donors (Lipinski definition) is 1. The van der Waals surface area contributed by atoms with Crippen molar-refractivity contribution >= 4 is 0 Å². The Kier molecular flexibility index (Phi) is 3.64. The van der Waals surface area contributed by atoms with Crippen LogP contribution in [0.2, 0.25) is 0 Å². The molecular formula is C17H24O2. The number of benzene rings is 1. The first-order chi connectivity index (χ1) is 9.16. The van der Waals surface area contributed by atoms with Gasteiger partial charge in [0.1, 0.15) is 0 Å². The maximum atomic E-state index is 10.2. The highest BCUT2D eigenvalue weighted by Crippen LogP contribution is 2.50. The zero-order valence-electron chi connectivity index (χ0n) is 11.8. The molecule has 2 nitrogen and oxygen atoms in total. The molecule has 0 unspecified atom stereocenters. The van der Waals surface area contributed by atoms with E-state index in [0.29, 0.717) is 36.4 Å². The second kappa shape index (κ2) is 5.26. The molecule has 1 N–H and O–H groups in total. The van der Waals surface area contributed by atoms with Gasteiger partial charge in [-0.3, -0.25) is 0 Å². The summed E-state index contributed by atoms with van der Waals surface area (Å²) in [5.74, 6) is 2.03. The summed E-state index contributed by atoms with van der Waals surface area (Å²) in [6.07, 6.45) is 2.45. The van der Waals surface area contributed by atoms with Gasteiger partial charge in [-0.2, -0.15) is 0 Å². The lowest BCUT2D eigenvalue weighted by atomic mass is 9.97. The number of aliphatic hydroxyl groups is 1. The number of hydrogen-bond acceptors (Lipinski definition) is 2. The van der Waals surface area contributed by atoms with Gasteiger partial charge in [-0.15, -0.1) is 0 Å². The van der Waals surface area contributed by atoms with Crippen LogP contribution in [0.3, 0.4) is 0 Å². The molecule has 0 amide bonds. The molecule has 0 heterocycles. The highest BCUT2D eigenvalue weighted by Gasteiger charge is 2.51. The molecular weight excluding hydrogens is 236 g/mol. The summed E-state index contributed by atoms with van der Waals surface area (Å²) < 4.78 is 6.20. The van der Waals surface area contributed by atoms with E-state index >= 15 is 0 Å². The molecule has 6 atom stereocenters. The quantitative estimate of drug-likeness (QED) is 0.904. The highest BCUT2D eigenvalue weighted by atomic mass is 16.5. The summed E-state index contributed by atoms with van der Waals surface area (Å²) in [6.45, 7) is 5.14. The Morgan fingerprint density at radius 2 is 1.74 bits per heavy atom. The van der Waals surface area contributed by atoms with Crippen molar-refractivity contribution in [3.05, 3.63) is 35.9 Å². The van der Waals surface area contributed by atoms with Crippen LogP contribution in [0.15, 0.2) is 30.3 Å². The molecule has 2 aliphatic carbocycles. The van der Waals surface area contributed by atoms with Gasteiger partial charge < -0.3 is 9.84 Å². The minimum Gasteiger partial charge on any atom is -0.393 e. The smallest absolute Gasteiger partial charge is 0.0720 e. The van der Waals surface area contributed by atoms with E-state index in [4.69, 9.17) is 4.74 Å². The molecule has 2 saturated carbocycles. The SMILES string of the molecule is C[C@@H]1C[C@@H]2[C@@H](C[C@H](C)[C@H]2OCc2ccccc2)[C@H]1O. The second-order valence-electron chi connectivity index (χ2n) is 6.51. The fraction of sp³-hybridized carbons (Fsp3) is 0.647. The summed E-state index contributed by atoms with van der Waals surface area (Å²) in [5.41, 5.74) is 1.24. The van der Waals surface area contributed by atoms with E-state index in [1.54, 1.807) is 0 Å². The van der Waals surface area contributed by atoms with Gasteiger partial charge in [0.25, 0.3) is 0 Å². The minimum absolute atomic E-state index is 0.113. The average molecular weight is 260 g/mol. The fourth-order valence-corrected chi connectivity index (χ4v) is 4.15. The maximum Gasteiger partial charge on any atom is 0.0720 e. The molecule has 0 radical (unpaired) electrons. The normalized spacial score (nSPS) is 41.4. The van der Waals surface area contributed by atoms with E-state index < -0.39 is 0 Å². The van der Waals surface area contributed by atoms with Gasteiger partial charge in [0, 0.05) is 0 Å². The van der Waals surface area contributed by atoms with Gasteiger partial charge in [-0.05, 0) is 42.1 Å². The Morgan fingerprint density at radius 1 is 1.05 bits per heavy atom. The van der Waals surface area contributed by atoms with Crippen LogP contribution in [0.5, 0.6) is 0 Å². The van der Waals surface area contributed by atoms with Gasteiger partial charge in [0.2, 0.25) is 0 Å². The van der Waals surface area contributed by atoms with Crippen molar-refractivity contribution in [2.45, 2.75) is 45.5 Å². The van der Waals surface area contributed by atoms with Crippen molar-refractivity contribution in [3.8, 4) is 0 Å². The van der Waals surface area contributed by atoms with Crippen LogP contribution in [0.1, 0.15) is 32.3 Å². The van der Waals surface area contributed by atoms with Crippen LogP contribution >= 0.6 is 0 Å². The largest absolute Gasteiger partial charge is 0.393 e. The Bertz CT molecular complexity index is 417. The molecule has 0 saturated heterocycles. The van der Waals surface area contributed by atoms with E-state index in [9.17, 15) is 5.11 Å². The Morgan fingerprint density at radius 3 is 2.47 bits per heavy atom. The van der Waals surface area contributed by atoms with Crippen molar-refractivity contribution in [1.29, 1.82) is 0 Å². The third-order valence-corrected chi connectivity index (χ3v) is 5.13. The lowest BCUT2D eigenvalue weighted by Gasteiger charge is -2.23. The number of fused-ring (bicyclic) bond motifs is 1. The van der Waals surface area contributed by atoms with E-state index in [0.717, 1.165) is 12.8 Å². The number of ether oxygens (including phenoxy) is 1. The molecule has 1 aromatic rings. The fourth-order valence-electron chi connectivity index (χ4n) is 4.15. The summed E-state index contributed by atoms with van der Waals surface area (Å²) in [7, 11) is 0. The first kappa shape index (κ1) is 13.1. The molecule has 3 rings (SSSR count). The summed E-state index contributed by atoms with van der Waals surface area (Å²) >= 11 is 0. The molecule has 0 aromatic heterocycles. The molecule has 2 fully saturated rings. The first-order valence-electron chi connectivity index (χ1n) is 7.50. The summed E-state index contributed by atoms with van der Waals surface area (Å²) in [6, 6.07) is 10.4. The van der Waals surface area contributed by atoms with E-state index in [2.05, 4.69) is 38.1 Å². The highest BCUT2D eigenvalue weighted by molar-refractivity contribution is 5.13. The molecule has 19 heavy (non-hydrogen) atoms. The van der Waals surface area contributed by atoms with Gasteiger partial charge in [-0.25, -0.2) is 0 Å². The van der Waals surface area contributed by atoms with Crippen LogP contribution in [-0.2, 0) is 11.3 Å². The standard InChI is InChI=1S/C17H24O2/c1-11-8-15-14(16(11)18)9-12(2)17(15)19-10-13-6-4-3-5-7-13/h3-7,11-12,14-18H,8-10H2,1-2H3/t11-,12+,14-,15-,16+,17-/m1/s1. The first-order valence-corrected chi connectivity index (χ1v) is 7.50. The lowest BCUT2D eigenvalue weighted by molar-refractivity contribution is -0.0110. The molecule has 2 aliphatic rings. The van der Waals surface area contributed by atoms with Gasteiger partial charge in [0.05, 0.1) is 18.8 Å². The van der Waals surface area contributed by atoms with Crippen LogP contribution in [-0.4, -0.2) is 17.3 Å². The van der Waals surface area contributed by atoms with Crippen molar-refractivity contribution in [2.24, 2.45) is 23.7 Å². The van der Waals surface area contributed by atoms with Crippen molar-refractivity contribution in [3.63, 3.8) is 0 Å². The zero-order chi connectivity index (χ0) is 13.4. The Labute approximate surface area is 115 Å². The average Bonchev–Trinajstić information content (AvgIpc) is 2.86. The van der Waals surface area contributed by atoms with E-state index in [-0.39, 0.29) is 6.10 Å². The van der Waals surface area contributed by atoms with Crippen LogP contribution in [0, 0.1) is 23.7 Å². The maximum absolute atomic E-state index is 10.2. The molecule has 2 heteroatoms. The van der Waals surface area contributed by atoms with Crippen LogP contribution < -0.4 is 0 Å². The zero-order valence-corrected chi connectivity index (χ0v) is 11.8. The van der Waals surface area contributed by atoms with Crippen molar-refractivity contribution in [2.75, 3.05) is 0 Å². The topological polar surface area (TPSA) is 29.5 Å². The predicted molar refractivity (Wildman–Crippen MR) is 75.6 cm³/mol. The Hall–Kier alpha value is -0.860. The van der Waals surface area contributed by atoms with E-state index in [1.165, 1.54) is 5.56 Å². The van der Waals surface area contributed by atoms with Crippen LogP contribution in [0.25, 0.3) is 0 Å². The molecule has 1 aromatic carbocycles. The number of rotatable bonds is 3. The van der Waals surface area contributed by atoms with Crippen LogP contribution in [0.4, 0.5) is 0 Å². The predicted octanol–water partition coefficient (Wildman–Crippen LogP) is 3.24. The third kappa shape index (κ3) is 2.44. The Balaban J connectivity index is 1.64.